The monoisotopic (exact) mass is 245 g/mol. The van der Waals surface area contributed by atoms with E-state index in [4.69, 9.17) is 0 Å². The lowest BCUT2D eigenvalue weighted by atomic mass is 9.97. The third kappa shape index (κ3) is 1.52. The van der Waals surface area contributed by atoms with Crippen molar-refractivity contribution >= 4 is 21.5 Å². The Kier molecular flexibility index (Phi) is 2.12. The molecule has 3 aromatic carbocycles. The van der Waals surface area contributed by atoms with Crippen LogP contribution < -0.4 is 0 Å². The fourth-order valence-corrected chi connectivity index (χ4v) is 2.60. The highest BCUT2D eigenvalue weighted by atomic mass is 15.3. The van der Waals surface area contributed by atoms with E-state index in [1.54, 1.807) is 6.20 Å². The molecule has 1 aromatic heterocycles. The van der Waals surface area contributed by atoms with Crippen molar-refractivity contribution < 1.29 is 0 Å². The lowest BCUT2D eigenvalue weighted by Gasteiger charge is -2.07. The first-order valence-electron chi connectivity index (χ1n) is 6.20. The zero-order valence-electron chi connectivity index (χ0n) is 10.2. The van der Waals surface area contributed by atoms with Crippen LogP contribution in [-0.2, 0) is 0 Å². The van der Waals surface area contributed by atoms with Crippen LogP contribution in [0, 0.1) is 0 Å². The summed E-state index contributed by atoms with van der Waals surface area (Å²) in [5.74, 6) is 0. The topological polar surface area (TPSA) is 41.6 Å². The maximum absolute atomic E-state index is 4.18. The van der Waals surface area contributed by atoms with Gasteiger partial charge in [0.2, 0.25) is 0 Å². The average Bonchev–Trinajstić information content (AvgIpc) is 3.00. The molecule has 4 aromatic rings. The molecule has 0 aliphatic heterocycles. The lowest BCUT2D eigenvalue weighted by Crippen LogP contribution is -1.83. The van der Waals surface area contributed by atoms with E-state index in [-0.39, 0.29) is 0 Å². The molecular formula is C16H11N3. The van der Waals surface area contributed by atoms with Gasteiger partial charge in [-0.3, -0.25) is 0 Å². The van der Waals surface area contributed by atoms with E-state index in [0.717, 1.165) is 11.3 Å². The molecule has 90 valence electrons. The number of rotatable bonds is 1. The summed E-state index contributed by atoms with van der Waals surface area (Å²) in [5, 5.41) is 15.7. The Morgan fingerprint density at radius 2 is 1.63 bits per heavy atom. The summed E-state index contributed by atoms with van der Waals surface area (Å²) in [6.07, 6.45) is 1.75. The number of aromatic amines is 1. The van der Waals surface area contributed by atoms with Crippen LogP contribution >= 0.6 is 0 Å². The Morgan fingerprint density at radius 1 is 0.737 bits per heavy atom. The van der Waals surface area contributed by atoms with Crippen molar-refractivity contribution in [2.75, 3.05) is 0 Å². The first-order chi connectivity index (χ1) is 9.43. The van der Waals surface area contributed by atoms with E-state index < -0.39 is 0 Å². The van der Waals surface area contributed by atoms with E-state index in [9.17, 15) is 0 Å². The van der Waals surface area contributed by atoms with Crippen LogP contribution in [0.15, 0.2) is 60.8 Å². The fourth-order valence-electron chi connectivity index (χ4n) is 2.60. The molecule has 0 saturated heterocycles. The van der Waals surface area contributed by atoms with E-state index in [2.05, 4.69) is 70.0 Å². The maximum Gasteiger partial charge on any atom is 0.113 e. The summed E-state index contributed by atoms with van der Waals surface area (Å²) < 4.78 is 0. The van der Waals surface area contributed by atoms with Gasteiger partial charge in [-0.05, 0) is 21.5 Å². The fraction of sp³-hybridized carbons (Fsp3) is 0. The highest BCUT2D eigenvalue weighted by Crippen LogP contribution is 2.31. The average molecular weight is 245 g/mol. The Morgan fingerprint density at radius 3 is 2.53 bits per heavy atom. The van der Waals surface area contributed by atoms with Crippen molar-refractivity contribution in [3.63, 3.8) is 0 Å². The molecule has 0 amide bonds. The first-order valence-corrected chi connectivity index (χ1v) is 6.20. The second-order valence-corrected chi connectivity index (χ2v) is 4.54. The number of nitrogens with zero attached hydrogens (tertiary/aromatic N) is 2. The Hall–Kier alpha value is -2.68. The molecule has 3 nitrogen and oxygen atoms in total. The molecule has 4 rings (SSSR count). The van der Waals surface area contributed by atoms with Crippen LogP contribution in [0.2, 0.25) is 0 Å². The minimum absolute atomic E-state index is 0.876. The molecule has 1 N–H and O–H groups in total. The smallest absolute Gasteiger partial charge is 0.113 e. The third-order valence-electron chi connectivity index (χ3n) is 3.48. The Bertz CT molecular complexity index is 864. The number of benzene rings is 3. The van der Waals surface area contributed by atoms with E-state index >= 15 is 0 Å². The molecule has 0 aliphatic rings. The van der Waals surface area contributed by atoms with Gasteiger partial charge in [0.1, 0.15) is 5.69 Å². The van der Waals surface area contributed by atoms with Crippen molar-refractivity contribution in [2.45, 2.75) is 0 Å². The SMILES string of the molecule is c1ccc2c(c1)ccc1c(-c3cn[nH]n3)cccc12. The first kappa shape index (κ1) is 10.3. The van der Waals surface area contributed by atoms with Gasteiger partial charge in [-0.15, -0.1) is 0 Å². The molecule has 1 heterocycles. The second-order valence-electron chi connectivity index (χ2n) is 4.54. The molecular weight excluding hydrogens is 234 g/mol. The van der Waals surface area contributed by atoms with Crippen LogP contribution in [-0.4, -0.2) is 15.4 Å². The minimum Gasteiger partial charge on any atom is -0.197 e. The van der Waals surface area contributed by atoms with Gasteiger partial charge in [0.15, 0.2) is 0 Å². The Labute approximate surface area is 109 Å². The zero-order valence-corrected chi connectivity index (χ0v) is 10.2. The third-order valence-corrected chi connectivity index (χ3v) is 3.48. The molecule has 19 heavy (non-hydrogen) atoms. The number of hydrogen-bond acceptors (Lipinski definition) is 2. The van der Waals surface area contributed by atoms with Crippen LogP contribution in [0.4, 0.5) is 0 Å². The number of fused-ring (bicyclic) bond motifs is 3. The van der Waals surface area contributed by atoms with Gasteiger partial charge in [-0.25, -0.2) is 0 Å². The van der Waals surface area contributed by atoms with Gasteiger partial charge >= 0.3 is 0 Å². The number of hydrogen-bond donors (Lipinski definition) is 1. The molecule has 3 heteroatoms. The van der Waals surface area contributed by atoms with Crippen molar-refractivity contribution in [1.82, 2.24) is 15.4 Å². The molecule has 0 atom stereocenters. The summed E-state index contributed by atoms with van der Waals surface area (Å²) >= 11 is 0. The van der Waals surface area contributed by atoms with Crippen molar-refractivity contribution in [1.29, 1.82) is 0 Å². The molecule has 0 saturated carbocycles. The van der Waals surface area contributed by atoms with Crippen LogP contribution in [0.5, 0.6) is 0 Å². The summed E-state index contributed by atoms with van der Waals surface area (Å²) in [7, 11) is 0. The highest BCUT2D eigenvalue weighted by molar-refractivity contribution is 6.11. The van der Waals surface area contributed by atoms with Gasteiger partial charge in [0, 0.05) is 5.56 Å². The number of aromatic nitrogens is 3. The second kappa shape index (κ2) is 3.92. The van der Waals surface area contributed by atoms with Gasteiger partial charge < -0.3 is 0 Å². The molecule has 0 radical (unpaired) electrons. The molecule has 0 unspecified atom stereocenters. The summed E-state index contributed by atoms with van der Waals surface area (Å²) in [6.45, 7) is 0. The predicted octanol–water partition coefficient (Wildman–Crippen LogP) is 3.78. The van der Waals surface area contributed by atoms with Crippen LogP contribution in [0.3, 0.4) is 0 Å². The minimum atomic E-state index is 0.876. The van der Waals surface area contributed by atoms with E-state index in [0.29, 0.717) is 0 Å². The molecule has 0 spiro atoms. The van der Waals surface area contributed by atoms with E-state index in [1.165, 1.54) is 21.5 Å². The van der Waals surface area contributed by atoms with E-state index in [1.807, 2.05) is 0 Å². The Balaban J connectivity index is 2.15. The number of nitrogens with one attached hydrogen (secondary N) is 1. The van der Waals surface area contributed by atoms with Gasteiger partial charge in [-0.1, -0.05) is 54.6 Å². The van der Waals surface area contributed by atoms with Gasteiger partial charge in [0.25, 0.3) is 0 Å². The predicted molar refractivity (Wildman–Crippen MR) is 76.8 cm³/mol. The number of H-pyrrole nitrogens is 1. The van der Waals surface area contributed by atoms with Crippen molar-refractivity contribution in [3.8, 4) is 11.3 Å². The standard InChI is InChI=1S/C16H11N3/c1-2-5-12-11(4-1)8-9-14-13(12)6-3-7-15(14)16-10-17-19-18-16/h1-10H,(H,17,18,19). The van der Waals surface area contributed by atoms with Crippen molar-refractivity contribution in [3.05, 3.63) is 60.8 Å². The lowest BCUT2D eigenvalue weighted by molar-refractivity contribution is 0.942. The summed E-state index contributed by atoms with van der Waals surface area (Å²) in [5.41, 5.74) is 1.98. The quantitative estimate of drug-likeness (QED) is 0.518. The molecule has 0 bridgehead atoms. The molecule has 0 aliphatic carbocycles. The van der Waals surface area contributed by atoms with Crippen LogP contribution in [0.1, 0.15) is 0 Å². The largest absolute Gasteiger partial charge is 0.197 e. The van der Waals surface area contributed by atoms with Gasteiger partial charge in [0.05, 0.1) is 6.20 Å². The van der Waals surface area contributed by atoms with Crippen molar-refractivity contribution in [2.24, 2.45) is 0 Å². The zero-order chi connectivity index (χ0) is 12.7. The molecule has 0 fully saturated rings. The van der Waals surface area contributed by atoms with Gasteiger partial charge in [-0.2, -0.15) is 15.4 Å². The maximum atomic E-state index is 4.18. The summed E-state index contributed by atoms with van der Waals surface area (Å²) in [6, 6.07) is 19.0. The van der Waals surface area contributed by atoms with Crippen LogP contribution in [0.25, 0.3) is 32.8 Å². The summed E-state index contributed by atoms with van der Waals surface area (Å²) in [4.78, 5) is 0. The highest BCUT2D eigenvalue weighted by Gasteiger charge is 2.07. The normalized spacial score (nSPS) is 11.2.